The smallest absolute Gasteiger partial charge is 0.387 e. The third-order valence-electron chi connectivity index (χ3n) is 3.70. The molecule has 0 atom stereocenters. The summed E-state index contributed by atoms with van der Waals surface area (Å²) in [5.41, 5.74) is 2.46. The maximum atomic E-state index is 12.5. The summed E-state index contributed by atoms with van der Waals surface area (Å²) in [6, 6.07) is 6.95. The Morgan fingerprint density at radius 2 is 1.93 bits per heavy atom. The highest BCUT2D eigenvalue weighted by molar-refractivity contribution is 14.0. The fourth-order valence-electron chi connectivity index (χ4n) is 2.31. The summed E-state index contributed by atoms with van der Waals surface area (Å²) in [6.07, 6.45) is 0. The fourth-order valence-corrected chi connectivity index (χ4v) is 2.31. The normalized spacial score (nSPS) is 11.5. The maximum absolute atomic E-state index is 12.5. The number of hydrogen-bond acceptors (Lipinski definition) is 4. The van der Waals surface area contributed by atoms with Gasteiger partial charge in [0, 0.05) is 25.2 Å². The number of alkyl halides is 2. The van der Waals surface area contributed by atoms with Gasteiger partial charge < -0.3 is 19.9 Å². The molecule has 0 aliphatic heterocycles. The summed E-state index contributed by atoms with van der Waals surface area (Å²) in [5.74, 6) is 1.64. The first-order valence-electron chi connectivity index (χ1n) is 8.33. The lowest BCUT2D eigenvalue weighted by Gasteiger charge is -2.14. The molecule has 1 heterocycles. The molecule has 0 saturated carbocycles. The number of aromatic nitrogens is 1. The Balaban J connectivity index is 0.00000364. The third-order valence-corrected chi connectivity index (χ3v) is 3.70. The average molecular weight is 494 g/mol. The van der Waals surface area contributed by atoms with E-state index in [0.717, 1.165) is 11.3 Å². The lowest BCUT2D eigenvalue weighted by Crippen LogP contribution is -2.36. The number of nitrogens with zero attached hydrogens (tertiary/aromatic N) is 2. The number of aryl methyl sites for hydroxylation is 1. The first kappa shape index (κ1) is 23.1. The summed E-state index contributed by atoms with van der Waals surface area (Å²) >= 11 is 0. The highest BCUT2D eigenvalue weighted by Crippen LogP contribution is 2.22. The van der Waals surface area contributed by atoms with Crippen LogP contribution in [0.25, 0.3) is 0 Å². The third kappa shape index (κ3) is 7.31. The van der Waals surface area contributed by atoms with E-state index in [1.54, 1.807) is 19.2 Å². The number of benzene rings is 1. The lowest BCUT2D eigenvalue weighted by molar-refractivity contribution is -0.0504. The highest BCUT2D eigenvalue weighted by Gasteiger charge is 2.11. The molecule has 1 aromatic carbocycles. The second-order valence-electron chi connectivity index (χ2n) is 6.14. The van der Waals surface area contributed by atoms with Crippen molar-refractivity contribution in [1.82, 2.24) is 15.8 Å². The molecule has 0 bridgehead atoms. The topological polar surface area (TPSA) is 71.7 Å². The molecule has 0 fully saturated rings. The molecule has 0 aliphatic carbocycles. The Morgan fingerprint density at radius 1 is 1.22 bits per heavy atom. The van der Waals surface area contributed by atoms with Gasteiger partial charge in [-0.3, -0.25) is 4.99 Å². The van der Waals surface area contributed by atoms with E-state index in [2.05, 4.69) is 25.5 Å². The van der Waals surface area contributed by atoms with Crippen molar-refractivity contribution in [2.45, 2.75) is 46.4 Å². The van der Waals surface area contributed by atoms with Crippen molar-refractivity contribution in [3.63, 3.8) is 0 Å². The van der Waals surface area contributed by atoms with Gasteiger partial charge in [0.2, 0.25) is 0 Å². The van der Waals surface area contributed by atoms with E-state index >= 15 is 0 Å². The Kier molecular flexibility index (Phi) is 9.47. The van der Waals surface area contributed by atoms with Crippen LogP contribution in [0.1, 0.15) is 42.3 Å². The molecule has 0 saturated heterocycles. The quantitative estimate of drug-likeness (QED) is 0.343. The van der Waals surface area contributed by atoms with Crippen molar-refractivity contribution in [3.8, 4) is 5.75 Å². The Hall–Kier alpha value is -1.91. The van der Waals surface area contributed by atoms with E-state index in [0.29, 0.717) is 29.7 Å². The molecule has 2 aromatic rings. The van der Waals surface area contributed by atoms with E-state index in [-0.39, 0.29) is 36.3 Å². The molecule has 2 N–H and O–H groups in total. The SMILES string of the molecule is CN=C(NCc1cc(C(C)C)no1)NCc1cc(C)ccc1OC(F)F.I. The Morgan fingerprint density at radius 3 is 2.52 bits per heavy atom. The minimum Gasteiger partial charge on any atom is -0.434 e. The van der Waals surface area contributed by atoms with E-state index in [9.17, 15) is 8.78 Å². The van der Waals surface area contributed by atoms with Gasteiger partial charge in [-0.2, -0.15) is 8.78 Å². The maximum Gasteiger partial charge on any atom is 0.387 e. The molecule has 0 amide bonds. The zero-order valence-electron chi connectivity index (χ0n) is 15.8. The molecule has 0 unspecified atom stereocenters. The number of hydrogen-bond donors (Lipinski definition) is 2. The predicted molar refractivity (Wildman–Crippen MR) is 111 cm³/mol. The summed E-state index contributed by atoms with van der Waals surface area (Å²) in [5, 5.41) is 10.2. The van der Waals surface area contributed by atoms with Gasteiger partial charge in [0.15, 0.2) is 11.7 Å². The van der Waals surface area contributed by atoms with E-state index in [4.69, 9.17) is 4.52 Å². The molecule has 2 rings (SSSR count). The number of rotatable bonds is 7. The van der Waals surface area contributed by atoms with Crippen LogP contribution in [0.3, 0.4) is 0 Å². The average Bonchev–Trinajstić information content (AvgIpc) is 3.06. The van der Waals surface area contributed by atoms with Crippen LogP contribution >= 0.6 is 24.0 Å². The zero-order valence-corrected chi connectivity index (χ0v) is 18.1. The van der Waals surface area contributed by atoms with Gasteiger partial charge in [0.05, 0.1) is 12.2 Å². The largest absolute Gasteiger partial charge is 0.434 e. The minimum absolute atomic E-state index is 0. The molecule has 27 heavy (non-hydrogen) atoms. The first-order chi connectivity index (χ1) is 12.4. The van der Waals surface area contributed by atoms with Crippen LogP contribution in [0.15, 0.2) is 33.8 Å². The molecule has 150 valence electrons. The number of aliphatic imine (C=N–C) groups is 1. The molecule has 9 heteroatoms. The van der Waals surface area contributed by atoms with E-state index in [1.165, 1.54) is 6.07 Å². The molecule has 1 aromatic heterocycles. The van der Waals surface area contributed by atoms with Gasteiger partial charge in [-0.15, -0.1) is 24.0 Å². The van der Waals surface area contributed by atoms with Crippen molar-refractivity contribution in [1.29, 1.82) is 0 Å². The van der Waals surface area contributed by atoms with Gasteiger partial charge in [-0.05, 0) is 18.9 Å². The van der Waals surface area contributed by atoms with Crippen molar-refractivity contribution in [2.75, 3.05) is 7.05 Å². The summed E-state index contributed by atoms with van der Waals surface area (Å²) in [4.78, 5) is 4.12. The van der Waals surface area contributed by atoms with Crippen LogP contribution in [0.2, 0.25) is 0 Å². The van der Waals surface area contributed by atoms with Crippen LogP contribution in [0.4, 0.5) is 8.78 Å². The minimum atomic E-state index is -2.87. The number of nitrogens with one attached hydrogen (secondary N) is 2. The van der Waals surface area contributed by atoms with Crippen LogP contribution in [0, 0.1) is 6.92 Å². The molecular weight excluding hydrogens is 469 g/mol. The number of halogens is 3. The number of ether oxygens (including phenoxy) is 1. The monoisotopic (exact) mass is 494 g/mol. The van der Waals surface area contributed by atoms with Gasteiger partial charge >= 0.3 is 6.61 Å². The van der Waals surface area contributed by atoms with Crippen LogP contribution in [-0.4, -0.2) is 24.8 Å². The molecule has 0 aliphatic rings. The van der Waals surface area contributed by atoms with Crippen LogP contribution < -0.4 is 15.4 Å². The summed E-state index contributed by atoms with van der Waals surface area (Å²) in [7, 11) is 1.63. The van der Waals surface area contributed by atoms with E-state index < -0.39 is 6.61 Å². The highest BCUT2D eigenvalue weighted by atomic mass is 127. The summed E-state index contributed by atoms with van der Waals surface area (Å²) < 4.78 is 34.9. The standard InChI is InChI=1S/C18H24F2N4O2.HI/c1-11(2)15-8-14(26-24-15)10-23-18(21-4)22-9-13-7-12(3)5-6-16(13)25-17(19)20;/h5-8,11,17H,9-10H2,1-4H3,(H2,21,22,23);1H. The van der Waals surface area contributed by atoms with Gasteiger partial charge in [-0.25, -0.2) is 0 Å². The summed E-state index contributed by atoms with van der Waals surface area (Å²) in [6.45, 7) is 3.80. The molecule has 0 spiro atoms. The van der Waals surface area contributed by atoms with Crippen molar-refractivity contribution in [2.24, 2.45) is 4.99 Å². The molecule has 0 radical (unpaired) electrons. The number of guanidine groups is 1. The van der Waals surface area contributed by atoms with Crippen LogP contribution in [-0.2, 0) is 13.1 Å². The lowest BCUT2D eigenvalue weighted by atomic mass is 10.1. The van der Waals surface area contributed by atoms with Crippen LogP contribution in [0.5, 0.6) is 5.75 Å². The molecular formula is C18H25F2IN4O2. The first-order valence-corrected chi connectivity index (χ1v) is 8.33. The van der Waals surface area contributed by atoms with Gasteiger partial charge in [0.1, 0.15) is 5.75 Å². The Labute approximate surface area is 174 Å². The second kappa shape index (κ2) is 11.1. The van der Waals surface area contributed by atoms with Gasteiger partial charge in [-0.1, -0.05) is 36.7 Å². The molecule has 6 nitrogen and oxygen atoms in total. The fraction of sp³-hybridized carbons (Fsp3) is 0.444. The van der Waals surface area contributed by atoms with Crippen molar-refractivity contribution < 1.29 is 18.0 Å². The van der Waals surface area contributed by atoms with E-state index in [1.807, 2.05) is 26.8 Å². The zero-order chi connectivity index (χ0) is 19.1. The predicted octanol–water partition coefficient (Wildman–Crippen LogP) is 4.19. The van der Waals surface area contributed by atoms with Crippen molar-refractivity contribution >= 4 is 29.9 Å². The van der Waals surface area contributed by atoms with Gasteiger partial charge in [0.25, 0.3) is 0 Å². The Bertz CT molecular complexity index is 751. The van der Waals surface area contributed by atoms with Crippen molar-refractivity contribution in [3.05, 3.63) is 46.8 Å². The second-order valence-corrected chi connectivity index (χ2v) is 6.14.